The molecule has 0 saturated heterocycles. The minimum Gasteiger partial charge on any atom is -0.449 e. The number of fused-ring (bicyclic) bond motifs is 1. The summed E-state index contributed by atoms with van der Waals surface area (Å²) >= 11 is 0. The van der Waals surface area contributed by atoms with Crippen molar-refractivity contribution in [3.63, 3.8) is 0 Å². The summed E-state index contributed by atoms with van der Waals surface area (Å²) in [5, 5.41) is 0.595. The molecule has 100 valence electrons. The molecule has 0 aliphatic rings. The molecule has 1 aromatic heterocycles. The van der Waals surface area contributed by atoms with Crippen LogP contribution in [0.5, 0.6) is 0 Å². The van der Waals surface area contributed by atoms with Gasteiger partial charge in [-0.15, -0.1) is 0 Å². The molecule has 0 bridgehead atoms. The van der Waals surface area contributed by atoms with Gasteiger partial charge in [0.15, 0.2) is 17.2 Å². The van der Waals surface area contributed by atoms with Gasteiger partial charge in [0, 0.05) is 10.9 Å². The molecule has 3 rings (SSSR count). The van der Waals surface area contributed by atoms with E-state index in [1.165, 1.54) is 6.07 Å². The molecular formula is C17H13FO2. The molecule has 3 aromatic rings. The van der Waals surface area contributed by atoms with Gasteiger partial charge in [0.2, 0.25) is 5.78 Å². The van der Waals surface area contributed by atoms with Crippen LogP contribution < -0.4 is 0 Å². The Bertz CT molecular complexity index is 815. The van der Waals surface area contributed by atoms with E-state index in [1.54, 1.807) is 24.3 Å². The zero-order valence-corrected chi connectivity index (χ0v) is 11.2. The van der Waals surface area contributed by atoms with Gasteiger partial charge in [0.05, 0.1) is 0 Å². The topological polar surface area (TPSA) is 30.2 Å². The fourth-order valence-electron chi connectivity index (χ4n) is 2.34. The maximum absolute atomic E-state index is 13.6. The third kappa shape index (κ3) is 2.01. The molecule has 0 unspecified atom stereocenters. The third-order valence-electron chi connectivity index (χ3n) is 3.35. The number of rotatable bonds is 2. The number of aryl methyl sites for hydroxylation is 2. The van der Waals surface area contributed by atoms with Crippen molar-refractivity contribution in [3.05, 3.63) is 70.7 Å². The van der Waals surface area contributed by atoms with Crippen molar-refractivity contribution in [1.82, 2.24) is 0 Å². The van der Waals surface area contributed by atoms with Gasteiger partial charge in [-0.2, -0.15) is 0 Å². The molecule has 0 fully saturated rings. The highest BCUT2D eigenvalue weighted by molar-refractivity contribution is 6.09. The number of carbonyl (C=O) groups excluding carboxylic acids is 1. The van der Waals surface area contributed by atoms with E-state index in [1.807, 2.05) is 26.0 Å². The smallest absolute Gasteiger partial charge is 0.228 e. The van der Waals surface area contributed by atoms with Crippen LogP contribution in [0.4, 0.5) is 4.39 Å². The number of furan rings is 1. The lowest BCUT2D eigenvalue weighted by Gasteiger charge is -2.03. The van der Waals surface area contributed by atoms with Crippen LogP contribution in [-0.4, -0.2) is 5.78 Å². The second-order valence-electron chi connectivity index (χ2n) is 4.92. The largest absolute Gasteiger partial charge is 0.449 e. The molecule has 0 saturated carbocycles. The first-order valence-corrected chi connectivity index (χ1v) is 6.36. The molecule has 20 heavy (non-hydrogen) atoms. The van der Waals surface area contributed by atoms with E-state index in [0.717, 1.165) is 11.1 Å². The monoisotopic (exact) mass is 268 g/mol. The maximum atomic E-state index is 13.6. The van der Waals surface area contributed by atoms with Gasteiger partial charge in [-0.25, -0.2) is 4.39 Å². The van der Waals surface area contributed by atoms with E-state index in [-0.39, 0.29) is 17.1 Å². The number of benzene rings is 2. The number of hydrogen-bond acceptors (Lipinski definition) is 2. The lowest BCUT2D eigenvalue weighted by Crippen LogP contribution is -2.02. The maximum Gasteiger partial charge on any atom is 0.228 e. The van der Waals surface area contributed by atoms with E-state index in [0.29, 0.717) is 10.9 Å². The first-order chi connectivity index (χ1) is 9.56. The molecule has 1 heterocycles. The quantitative estimate of drug-likeness (QED) is 0.644. The number of halogens is 1. The first kappa shape index (κ1) is 12.6. The van der Waals surface area contributed by atoms with Crippen molar-refractivity contribution >= 4 is 16.8 Å². The molecule has 0 aliphatic heterocycles. The van der Waals surface area contributed by atoms with Crippen molar-refractivity contribution in [1.29, 1.82) is 0 Å². The van der Waals surface area contributed by atoms with Crippen LogP contribution in [-0.2, 0) is 0 Å². The number of carbonyl (C=O) groups is 1. The second kappa shape index (κ2) is 4.60. The van der Waals surface area contributed by atoms with Crippen LogP contribution in [0.25, 0.3) is 11.0 Å². The molecule has 0 aliphatic carbocycles. The summed E-state index contributed by atoms with van der Waals surface area (Å²) in [5.74, 6) is -0.516. The lowest BCUT2D eigenvalue weighted by molar-refractivity contribution is 0.101. The van der Waals surface area contributed by atoms with Gasteiger partial charge in [-0.1, -0.05) is 35.9 Å². The summed E-state index contributed by atoms with van der Waals surface area (Å²) in [6, 6.07) is 11.8. The number of para-hydroxylation sites is 1. The van der Waals surface area contributed by atoms with Crippen LogP contribution in [0.1, 0.15) is 27.2 Å². The molecule has 0 radical (unpaired) electrons. The molecule has 0 spiro atoms. The lowest BCUT2D eigenvalue weighted by atomic mass is 10.0. The van der Waals surface area contributed by atoms with E-state index in [4.69, 9.17) is 4.42 Å². The Hall–Kier alpha value is -2.42. The highest BCUT2D eigenvalue weighted by Gasteiger charge is 2.17. The van der Waals surface area contributed by atoms with Crippen LogP contribution in [0, 0.1) is 19.7 Å². The van der Waals surface area contributed by atoms with Crippen molar-refractivity contribution in [2.45, 2.75) is 13.8 Å². The van der Waals surface area contributed by atoms with Crippen molar-refractivity contribution in [3.8, 4) is 0 Å². The Morgan fingerprint density at radius 3 is 2.60 bits per heavy atom. The summed E-state index contributed by atoms with van der Waals surface area (Å²) in [7, 11) is 0. The van der Waals surface area contributed by atoms with Crippen LogP contribution >= 0.6 is 0 Å². The highest BCUT2D eigenvalue weighted by atomic mass is 19.1. The summed E-state index contributed by atoms with van der Waals surface area (Å²) in [6.45, 7) is 3.85. The van der Waals surface area contributed by atoms with Crippen LogP contribution in [0.15, 0.2) is 46.9 Å². The minimum atomic E-state index is -0.456. The van der Waals surface area contributed by atoms with Gasteiger partial charge in [-0.3, -0.25) is 4.79 Å². The minimum absolute atomic E-state index is 0.126. The summed E-state index contributed by atoms with van der Waals surface area (Å²) < 4.78 is 19.0. The standard InChI is InChI=1S/C17H13FO2/c1-10-6-7-13(11(2)8-10)16(19)15-9-12-4-3-5-14(18)17(12)20-15/h3-9H,1-2H3. The predicted molar refractivity (Wildman–Crippen MR) is 75.5 cm³/mol. The van der Waals surface area contributed by atoms with Crippen LogP contribution in [0.2, 0.25) is 0 Å². The van der Waals surface area contributed by atoms with Gasteiger partial charge < -0.3 is 4.42 Å². The SMILES string of the molecule is Cc1ccc(C(=O)c2cc3cccc(F)c3o2)c(C)c1. The Kier molecular flexibility index (Phi) is 2.90. The first-order valence-electron chi connectivity index (χ1n) is 6.36. The number of ketones is 1. The Morgan fingerprint density at radius 1 is 1.10 bits per heavy atom. The van der Waals surface area contributed by atoms with Gasteiger partial charge in [-0.05, 0) is 31.5 Å². The van der Waals surface area contributed by atoms with E-state index in [9.17, 15) is 9.18 Å². The normalized spacial score (nSPS) is 10.9. The van der Waals surface area contributed by atoms with Crippen molar-refractivity contribution in [2.24, 2.45) is 0 Å². The molecule has 0 amide bonds. The Labute approximate surface area is 115 Å². The molecular weight excluding hydrogens is 255 g/mol. The van der Waals surface area contributed by atoms with Gasteiger partial charge in [0.1, 0.15) is 0 Å². The zero-order chi connectivity index (χ0) is 14.3. The summed E-state index contributed by atoms with van der Waals surface area (Å²) in [6.07, 6.45) is 0. The van der Waals surface area contributed by atoms with Gasteiger partial charge in [0.25, 0.3) is 0 Å². The Morgan fingerprint density at radius 2 is 1.90 bits per heavy atom. The van der Waals surface area contributed by atoms with E-state index < -0.39 is 5.82 Å². The molecule has 0 N–H and O–H groups in total. The fourth-order valence-corrected chi connectivity index (χ4v) is 2.34. The van der Waals surface area contributed by atoms with E-state index in [2.05, 4.69) is 0 Å². The predicted octanol–water partition coefficient (Wildman–Crippen LogP) is 4.42. The zero-order valence-electron chi connectivity index (χ0n) is 11.2. The third-order valence-corrected chi connectivity index (χ3v) is 3.35. The summed E-state index contributed by atoms with van der Waals surface area (Å²) in [4.78, 5) is 12.4. The molecule has 0 atom stereocenters. The van der Waals surface area contributed by atoms with E-state index >= 15 is 0 Å². The molecule has 3 heteroatoms. The summed E-state index contributed by atoms with van der Waals surface area (Å²) in [5.41, 5.74) is 2.68. The molecule has 2 aromatic carbocycles. The fraction of sp³-hybridized carbons (Fsp3) is 0.118. The number of hydrogen-bond donors (Lipinski definition) is 0. The molecule has 2 nitrogen and oxygen atoms in total. The average molecular weight is 268 g/mol. The van der Waals surface area contributed by atoms with Crippen LogP contribution in [0.3, 0.4) is 0 Å². The van der Waals surface area contributed by atoms with Crippen molar-refractivity contribution < 1.29 is 13.6 Å². The van der Waals surface area contributed by atoms with Gasteiger partial charge >= 0.3 is 0 Å². The average Bonchev–Trinajstić information content (AvgIpc) is 2.83. The second-order valence-corrected chi connectivity index (χ2v) is 4.92. The highest BCUT2D eigenvalue weighted by Crippen LogP contribution is 2.24. The Balaban J connectivity index is 2.10. The van der Waals surface area contributed by atoms with Crippen molar-refractivity contribution in [2.75, 3.05) is 0 Å².